The molecule has 1 spiro atoms. The summed E-state index contributed by atoms with van der Waals surface area (Å²) >= 11 is 6.19. The summed E-state index contributed by atoms with van der Waals surface area (Å²) in [5, 5.41) is 24.9. The first-order valence-corrected chi connectivity index (χ1v) is 23.4. The van der Waals surface area contributed by atoms with Crippen molar-refractivity contribution in [3.8, 4) is 28.6 Å². The van der Waals surface area contributed by atoms with Gasteiger partial charge in [0.1, 0.15) is 39.8 Å². The monoisotopic (exact) mass is 927 g/mol. The largest absolute Gasteiger partial charge is 0.373 e. The Labute approximate surface area is 389 Å². The molecule has 0 radical (unpaired) electrons. The molecule has 17 nitrogen and oxygen atoms in total. The highest BCUT2D eigenvalue weighted by atomic mass is 35.5. The molecule has 1 saturated carbocycles. The second-order valence-corrected chi connectivity index (χ2v) is 18.7. The summed E-state index contributed by atoms with van der Waals surface area (Å²) in [5.41, 5.74) is 4.10. The van der Waals surface area contributed by atoms with E-state index in [9.17, 15) is 14.9 Å². The molecule has 4 saturated heterocycles. The number of aromatic nitrogens is 8. The van der Waals surface area contributed by atoms with Crippen molar-refractivity contribution in [1.82, 2.24) is 49.5 Å². The topological polar surface area (TPSA) is 182 Å². The van der Waals surface area contributed by atoms with Gasteiger partial charge in [-0.25, -0.2) is 33.2 Å². The number of piperazine rings is 1. The average molecular weight is 928 g/mol. The van der Waals surface area contributed by atoms with Crippen LogP contribution in [0, 0.1) is 23.0 Å². The van der Waals surface area contributed by atoms with E-state index in [1.165, 1.54) is 12.1 Å². The second-order valence-electron chi connectivity index (χ2n) is 18.3. The number of nitrogens with zero attached hydrogens (tertiary/aromatic N) is 13. The summed E-state index contributed by atoms with van der Waals surface area (Å²) in [6, 6.07) is 10.3. The van der Waals surface area contributed by atoms with Crippen LogP contribution in [-0.2, 0) is 9.59 Å². The molecule has 5 aliphatic rings. The van der Waals surface area contributed by atoms with E-state index in [1.807, 2.05) is 41.6 Å². The number of rotatable bonds is 9. The minimum absolute atomic E-state index is 0.0319. The van der Waals surface area contributed by atoms with E-state index in [4.69, 9.17) is 26.7 Å². The Balaban J connectivity index is 0.717. The van der Waals surface area contributed by atoms with Crippen molar-refractivity contribution < 1.29 is 18.4 Å². The number of halogens is 3. The molecule has 5 aromatic heterocycles. The number of amides is 2. The molecule has 344 valence electrons. The van der Waals surface area contributed by atoms with Gasteiger partial charge in [0.2, 0.25) is 17.8 Å². The summed E-state index contributed by atoms with van der Waals surface area (Å²) < 4.78 is 34.5. The van der Waals surface area contributed by atoms with Gasteiger partial charge >= 0.3 is 0 Å². The Morgan fingerprint density at radius 3 is 2.25 bits per heavy atom. The number of imide groups is 1. The Morgan fingerprint density at radius 2 is 1.57 bits per heavy atom. The van der Waals surface area contributed by atoms with Gasteiger partial charge in [-0.2, -0.15) is 15.5 Å². The fourth-order valence-corrected chi connectivity index (χ4v) is 10.9. The SMILES string of the molecule is N#Cc1cnn2cc(-c3cnn([C@H]4CC[C@@H](N5CCN(c6c(F)cc(NC7CCC(=O)NC7=O)cc6F)CC5)CC4)c3)nc(-c3ccc(N4CCC5(CC4)CCN5c4nccc(Cl)n4)nc3)c12. The first-order chi connectivity index (χ1) is 32.6. The lowest BCUT2D eigenvalue weighted by Crippen LogP contribution is -2.65. The van der Waals surface area contributed by atoms with Crippen LogP contribution in [0.15, 0.2) is 67.5 Å². The van der Waals surface area contributed by atoms with Crippen LogP contribution in [0.3, 0.4) is 0 Å². The minimum Gasteiger partial charge on any atom is -0.373 e. The van der Waals surface area contributed by atoms with Crippen LogP contribution in [0.2, 0.25) is 5.15 Å². The van der Waals surface area contributed by atoms with E-state index in [1.54, 1.807) is 27.9 Å². The summed E-state index contributed by atoms with van der Waals surface area (Å²) in [6.07, 6.45) is 18.1. The maximum Gasteiger partial charge on any atom is 0.249 e. The van der Waals surface area contributed by atoms with Crippen molar-refractivity contribution in [2.45, 2.75) is 81.5 Å². The van der Waals surface area contributed by atoms with Crippen molar-refractivity contribution in [2.75, 3.05) is 65.8 Å². The van der Waals surface area contributed by atoms with Crippen molar-refractivity contribution >= 4 is 52.1 Å². The van der Waals surface area contributed by atoms with E-state index in [-0.39, 0.29) is 41.7 Å². The van der Waals surface area contributed by atoms with Gasteiger partial charge in [-0.05, 0) is 81.7 Å². The van der Waals surface area contributed by atoms with Crippen LogP contribution < -0.4 is 25.3 Å². The maximum atomic E-state index is 15.4. The number of carbonyl (C=O) groups is 2. The van der Waals surface area contributed by atoms with Gasteiger partial charge in [-0.1, -0.05) is 11.6 Å². The minimum atomic E-state index is -0.731. The molecule has 0 bridgehead atoms. The Hall–Kier alpha value is -6.78. The zero-order valence-corrected chi connectivity index (χ0v) is 37.4. The lowest BCUT2D eigenvalue weighted by Gasteiger charge is -2.56. The molecule has 1 aromatic carbocycles. The summed E-state index contributed by atoms with van der Waals surface area (Å²) in [7, 11) is 0. The molecule has 1 aliphatic carbocycles. The van der Waals surface area contributed by atoms with E-state index in [0.29, 0.717) is 65.8 Å². The van der Waals surface area contributed by atoms with Gasteiger partial charge < -0.3 is 20.0 Å². The first-order valence-electron chi connectivity index (χ1n) is 23.0. The molecular weight excluding hydrogens is 880 g/mol. The fraction of sp³-hybridized carbons (Fsp3) is 0.426. The molecule has 6 aromatic rings. The molecule has 11 rings (SSSR count). The van der Waals surface area contributed by atoms with Crippen molar-refractivity contribution in [3.63, 3.8) is 0 Å². The van der Waals surface area contributed by atoms with Gasteiger partial charge in [0.25, 0.3) is 0 Å². The van der Waals surface area contributed by atoms with Crippen molar-refractivity contribution in [3.05, 3.63) is 89.9 Å². The lowest BCUT2D eigenvalue weighted by molar-refractivity contribution is -0.133. The zero-order chi connectivity index (χ0) is 45.8. The van der Waals surface area contributed by atoms with Crippen LogP contribution >= 0.6 is 11.6 Å². The van der Waals surface area contributed by atoms with E-state index < -0.39 is 23.6 Å². The van der Waals surface area contributed by atoms with Gasteiger partial charge in [-0.3, -0.25) is 24.5 Å². The average Bonchev–Trinajstić information content (AvgIpc) is 4.01. The zero-order valence-electron chi connectivity index (χ0n) is 36.7. The Kier molecular flexibility index (Phi) is 11.2. The summed E-state index contributed by atoms with van der Waals surface area (Å²) in [4.78, 5) is 51.4. The van der Waals surface area contributed by atoms with Crippen molar-refractivity contribution in [2.24, 2.45) is 0 Å². The number of hydrogen-bond donors (Lipinski definition) is 2. The number of anilines is 4. The molecule has 67 heavy (non-hydrogen) atoms. The van der Waals surface area contributed by atoms with Crippen LogP contribution in [0.4, 0.5) is 31.9 Å². The predicted molar refractivity (Wildman–Crippen MR) is 247 cm³/mol. The van der Waals surface area contributed by atoms with Crippen LogP contribution in [0.1, 0.15) is 69.4 Å². The molecule has 1 atom stereocenters. The van der Waals surface area contributed by atoms with E-state index >= 15 is 8.78 Å². The van der Waals surface area contributed by atoms with E-state index in [0.717, 1.165) is 81.5 Å². The Morgan fingerprint density at radius 1 is 0.806 bits per heavy atom. The number of nitrogens with one attached hydrogen (secondary N) is 2. The number of pyridine rings is 1. The highest BCUT2D eigenvalue weighted by molar-refractivity contribution is 6.29. The quantitative estimate of drug-likeness (QED) is 0.127. The smallest absolute Gasteiger partial charge is 0.249 e. The number of piperidine rings is 2. The molecule has 5 fully saturated rings. The van der Waals surface area contributed by atoms with Crippen LogP contribution in [-0.4, -0.2) is 119 Å². The van der Waals surface area contributed by atoms with Gasteiger partial charge in [0.15, 0.2) is 11.6 Å². The molecule has 9 heterocycles. The van der Waals surface area contributed by atoms with Crippen LogP contribution in [0.5, 0.6) is 0 Å². The third-order valence-electron chi connectivity index (χ3n) is 14.6. The third-order valence-corrected chi connectivity index (χ3v) is 14.8. The Bertz CT molecular complexity index is 2870. The summed E-state index contributed by atoms with van der Waals surface area (Å²) in [5.74, 6) is -0.650. The van der Waals surface area contributed by atoms with Gasteiger partial charge in [0.05, 0.1) is 36.0 Å². The lowest BCUT2D eigenvalue weighted by atomic mass is 9.76. The highest BCUT2D eigenvalue weighted by Crippen LogP contribution is 2.43. The van der Waals surface area contributed by atoms with Gasteiger partial charge in [0, 0.05) is 99.2 Å². The fourth-order valence-electron chi connectivity index (χ4n) is 10.8. The normalized spacial score (nSPS) is 22.2. The number of nitriles is 1. The number of hydrogen-bond acceptors (Lipinski definition) is 14. The standard InChI is InChI=1S/C47H48ClF2N15O2/c48-39-9-13-52-46(58-39)63-16-12-47(63)10-14-61(15-11-47)40-7-1-29(24-53-40)42-43-30(23-51)25-55-65(43)28-38(57-42)31-26-54-64(27-31)34-4-2-33(3-5-34)60-17-19-62(20-18-60)44-35(49)21-32(22-36(44)50)56-37-6-8-41(66)59-45(37)67/h1,7,9,13,21-22,24-28,33-34,37,56H,2-6,8,10-12,14-20H2,(H,59,66,67)/t33-,34+,37?. The molecule has 4 aliphatic heterocycles. The molecular formula is C47H48ClF2N15O2. The summed E-state index contributed by atoms with van der Waals surface area (Å²) in [6.45, 7) is 4.97. The van der Waals surface area contributed by atoms with E-state index in [2.05, 4.69) is 46.5 Å². The molecule has 1 unspecified atom stereocenters. The number of fused-ring (bicyclic) bond motifs is 1. The molecule has 20 heteroatoms. The number of carbonyl (C=O) groups excluding carboxylic acids is 2. The van der Waals surface area contributed by atoms with Gasteiger partial charge in [-0.15, -0.1) is 0 Å². The second kappa shape index (κ2) is 17.5. The highest BCUT2D eigenvalue weighted by Gasteiger charge is 2.48. The maximum absolute atomic E-state index is 15.4. The van der Waals surface area contributed by atoms with Crippen molar-refractivity contribution in [1.29, 1.82) is 5.26 Å². The van der Waals surface area contributed by atoms with Crippen LogP contribution in [0.25, 0.3) is 28.0 Å². The molecule has 2 N–H and O–H groups in total. The first kappa shape index (κ1) is 42.8. The molecule has 2 amide bonds. The third kappa shape index (κ3) is 8.15. The predicted octanol–water partition coefficient (Wildman–Crippen LogP) is 6.02. The number of benzene rings is 1.